The van der Waals surface area contributed by atoms with E-state index in [-0.39, 0.29) is 11.4 Å². The molecule has 5 heteroatoms. The third-order valence-corrected chi connectivity index (χ3v) is 7.10. The number of halogens is 2. The van der Waals surface area contributed by atoms with Gasteiger partial charge in [-0.3, -0.25) is 0 Å². The largest absolute Gasteiger partial charge is 0.406 e. The summed E-state index contributed by atoms with van der Waals surface area (Å²) < 4.78 is 5.67. The zero-order chi connectivity index (χ0) is 17.2. The molecule has 0 spiro atoms. The maximum absolute atomic E-state index is 12.4. The molecule has 4 fully saturated rings. The van der Waals surface area contributed by atoms with Crippen molar-refractivity contribution in [3.05, 3.63) is 39.5 Å². The molecule has 0 unspecified atom stereocenters. The molecule has 4 aliphatic carbocycles. The van der Waals surface area contributed by atoms with E-state index in [2.05, 4.69) is 4.99 Å². The maximum atomic E-state index is 12.4. The van der Waals surface area contributed by atoms with E-state index in [1.165, 1.54) is 19.3 Å². The fraction of sp³-hybridized carbons (Fsp3) is 0.500. The van der Waals surface area contributed by atoms with Gasteiger partial charge >= 0.3 is 5.97 Å². The third kappa shape index (κ3) is 2.63. The van der Waals surface area contributed by atoms with Crippen LogP contribution in [0.1, 0.15) is 44.1 Å². The first kappa shape index (κ1) is 15.9. The maximum Gasteiger partial charge on any atom is 0.363 e. The highest BCUT2D eigenvalue weighted by Gasteiger charge is 2.55. The molecule has 6 rings (SSSR count). The van der Waals surface area contributed by atoms with Gasteiger partial charge in [-0.25, -0.2) is 9.79 Å². The molecule has 0 atom stereocenters. The van der Waals surface area contributed by atoms with E-state index < -0.39 is 0 Å². The Bertz CT molecular complexity index is 792. The molecule has 1 heterocycles. The lowest BCUT2D eigenvalue weighted by Crippen LogP contribution is -2.50. The van der Waals surface area contributed by atoms with E-state index in [9.17, 15) is 4.79 Å². The van der Waals surface area contributed by atoms with Gasteiger partial charge in [-0.2, -0.15) is 0 Å². The standard InChI is InChI=1S/C20H19Cl2NO2/c21-15-2-1-11(6-16(15)22)7-17-18(24)25-19(23-17)20-8-12-3-13(9-20)5-14(4-12)10-20/h1-2,6-7,12-14H,3-5,8-10H2. The number of carbonyl (C=O) groups is 1. The predicted octanol–water partition coefficient (Wildman–Crippen LogP) is 5.51. The van der Waals surface area contributed by atoms with Gasteiger partial charge in [0.1, 0.15) is 0 Å². The van der Waals surface area contributed by atoms with E-state index in [0.717, 1.165) is 42.6 Å². The molecule has 4 bridgehead atoms. The van der Waals surface area contributed by atoms with Crippen molar-refractivity contribution in [2.75, 3.05) is 0 Å². The fourth-order valence-electron chi connectivity index (χ4n) is 5.77. The molecule has 1 aromatic carbocycles. The fourth-order valence-corrected chi connectivity index (χ4v) is 6.08. The third-order valence-electron chi connectivity index (χ3n) is 6.36. The van der Waals surface area contributed by atoms with E-state index in [1.807, 2.05) is 6.07 Å². The van der Waals surface area contributed by atoms with E-state index >= 15 is 0 Å². The summed E-state index contributed by atoms with van der Waals surface area (Å²) in [6, 6.07) is 5.29. The molecular weight excluding hydrogens is 357 g/mol. The van der Waals surface area contributed by atoms with Crippen LogP contribution in [0, 0.1) is 23.2 Å². The highest BCUT2D eigenvalue weighted by Crippen LogP contribution is 2.61. The first-order chi connectivity index (χ1) is 12.0. The molecular formula is C20H19Cl2NO2. The number of hydrogen-bond donors (Lipinski definition) is 0. The zero-order valence-corrected chi connectivity index (χ0v) is 15.3. The zero-order valence-electron chi connectivity index (χ0n) is 13.8. The highest BCUT2D eigenvalue weighted by atomic mass is 35.5. The van der Waals surface area contributed by atoms with Crippen LogP contribution in [0.15, 0.2) is 28.9 Å². The second-order valence-electron chi connectivity index (χ2n) is 8.21. The first-order valence-corrected chi connectivity index (χ1v) is 9.74. The molecule has 0 aromatic heterocycles. The number of hydrogen-bond acceptors (Lipinski definition) is 3. The molecule has 25 heavy (non-hydrogen) atoms. The molecule has 0 amide bonds. The van der Waals surface area contributed by atoms with Crippen molar-refractivity contribution in [3.8, 4) is 0 Å². The average molecular weight is 376 g/mol. The Labute approximate surface area is 157 Å². The number of benzene rings is 1. The van der Waals surface area contributed by atoms with Crippen LogP contribution in [-0.2, 0) is 9.53 Å². The van der Waals surface area contributed by atoms with Gasteiger partial charge in [0.05, 0.1) is 10.0 Å². The summed E-state index contributed by atoms with van der Waals surface area (Å²) in [5.74, 6) is 2.68. The summed E-state index contributed by atoms with van der Waals surface area (Å²) in [6.07, 6.45) is 9.19. The van der Waals surface area contributed by atoms with Gasteiger partial charge in [0, 0.05) is 5.41 Å². The number of nitrogens with zero attached hydrogens (tertiary/aromatic N) is 1. The molecule has 4 saturated carbocycles. The van der Waals surface area contributed by atoms with Crippen molar-refractivity contribution in [3.63, 3.8) is 0 Å². The normalized spacial score (nSPS) is 37.5. The van der Waals surface area contributed by atoms with Crippen LogP contribution in [-0.4, -0.2) is 11.9 Å². The van der Waals surface area contributed by atoms with Crippen LogP contribution in [0.3, 0.4) is 0 Å². The molecule has 1 aliphatic heterocycles. The van der Waals surface area contributed by atoms with Crippen LogP contribution in [0.4, 0.5) is 0 Å². The van der Waals surface area contributed by atoms with Crippen molar-refractivity contribution >= 4 is 41.1 Å². The summed E-state index contributed by atoms with van der Waals surface area (Å²) in [6.45, 7) is 0. The van der Waals surface area contributed by atoms with Gasteiger partial charge in [0.25, 0.3) is 0 Å². The summed E-state index contributed by atoms with van der Waals surface area (Å²) in [5, 5.41) is 0.961. The van der Waals surface area contributed by atoms with Gasteiger partial charge in [-0.1, -0.05) is 29.3 Å². The lowest BCUT2D eigenvalue weighted by Gasteiger charge is -2.55. The smallest absolute Gasteiger partial charge is 0.363 e. The Morgan fingerprint density at radius 1 is 1.04 bits per heavy atom. The van der Waals surface area contributed by atoms with Crippen LogP contribution in [0.2, 0.25) is 10.0 Å². The highest BCUT2D eigenvalue weighted by molar-refractivity contribution is 6.42. The van der Waals surface area contributed by atoms with Gasteiger partial charge in [-0.05, 0) is 80.1 Å². The van der Waals surface area contributed by atoms with Crippen LogP contribution in [0.5, 0.6) is 0 Å². The summed E-state index contributed by atoms with van der Waals surface area (Å²) in [4.78, 5) is 17.0. The molecule has 0 saturated heterocycles. The molecule has 0 N–H and O–H groups in total. The number of cyclic esters (lactones) is 1. The van der Waals surface area contributed by atoms with Crippen LogP contribution >= 0.6 is 23.2 Å². The summed E-state index contributed by atoms with van der Waals surface area (Å²) in [5.41, 5.74) is 1.17. The van der Waals surface area contributed by atoms with Gasteiger partial charge < -0.3 is 4.74 Å². The lowest BCUT2D eigenvalue weighted by atomic mass is 9.49. The minimum atomic E-state index is -0.350. The topological polar surface area (TPSA) is 38.7 Å². The van der Waals surface area contributed by atoms with Crippen molar-refractivity contribution in [2.24, 2.45) is 28.2 Å². The predicted molar refractivity (Wildman–Crippen MR) is 98.6 cm³/mol. The Balaban J connectivity index is 1.48. The Hall–Kier alpha value is -1.32. The average Bonchev–Trinajstić information content (AvgIpc) is 2.91. The van der Waals surface area contributed by atoms with Crippen molar-refractivity contribution < 1.29 is 9.53 Å². The second kappa shape index (κ2) is 5.59. The number of ether oxygens (including phenoxy) is 1. The molecule has 0 radical (unpaired) electrons. The molecule has 1 aromatic rings. The van der Waals surface area contributed by atoms with E-state index in [0.29, 0.717) is 21.6 Å². The van der Waals surface area contributed by atoms with Gasteiger partial charge in [0.2, 0.25) is 5.90 Å². The quantitative estimate of drug-likeness (QED) is 0.505. The van der Waals surface area contributed by atoms with E-state index in [4.69, 9.17) is 27.9 Å². The van der Waals surface area contributed by atoms with Gasteiger partial charge in [-0.15, -0.1) is 0 Å². The van der Waals surface area contributed by atoms with Crippen molar-refractivity contribution in [1.82, 2.24) is 0 Å². The second-order valence-corrected chi connectivity index (χ2v) is 9.02. The number of rotatable bonds is 2. The SMILES string of the molecule is O=C1OC(C23CC4CC(CC(C4)C2)C3)=NC1=Cc1ccc(Cl)c(Cl)c1. The Morgan fingerprint density at radius 2 is 1.68 bits per heavy atom. The van der Waals surface area contributed by atoms with Crippen molar-refractivity contribution in [1.29, 1.82) is 0 Å². The van der Waals surface area contributed by atoms with Crippen LogP contribution < -0.4 is 0 Å². The van der Waals surface area contributed by atoms with Crippen LogP contribution in [0.25, 0.3) is 6.08 Å². The molecule has 5 aliphatic rings. The number of aliphatic imine (C=N–C) groups is 1. The van der Waals surface area contributed by atoms with Crippen molar-refractivity contribution in [2.45, 2.75) is 38.5 Å². The Kier molecular flexibility index (Phi) is 3.55. The molecule has 130 valence electrons. The monoisotopic (exact) mass is 375 g/mol. The molecule has 3 nitrogen and oxygen atoms in total. The first-order valence-electron chi connectivity index (χ1n) is 8.99. The minimum Gasteiger partial charge on any atom is -0.406 e. The summed E-state index contributed by atoms with van der Waals surface area (Å²) >= 11 is 12.0. The lowest BCUT2D eigenvalue weighted by molar-refractivity contribution is -0.131. The Morgan fingerprint density at radius 3 is 2.28 bits per heavy atom. The van der Waals surface area contributed by atoms with E-state index in [1.54, 1.807) is 18.2 Å². The van der Waals surface area contributed by atoms with Gasteiger partial charge in [0.15, 0.2) is 5.70 Å². The number of esters is 1. The minimum absolute atomic E-state index is 0.00234. The summed E-state index contributed by atoms with van der Waals surface area (Å²) in [7, 11) is 0. The number of carbonyl (C=O) groups excluding carboxylic acids is 1.